The van der Waals surface area contributed by atoms with Gasteiger partial charge in [-0.2, -0.15) is 0 Å². The summed E-state index contributed by atoms with van der Waals surface area (Å²) in [6.45, 7) is 4.92. The van der Waals surface area contributed by atoms with Crippen molar-refractivity contribution >= 4 is 11.8 Å². The average Bonchev–Trinajstić information content (AvgIpc) is 2.80. The molecule has 1 aromatic rings. The van der Waals surface area contributed by atoms with Gasteiger partial charge in [-0.15, -0.1) is 0 Å². The highest BCUT2D eigenvalue weighted by Gasteiger charge is 2.21. The zero-order valence-electron chi connectivity index (χ0n) is 13.5. The molecule has 1 fully saturated rings. The summed E-state index contributed by atoms with van der Waals surface area (Å²) in [5.41, 5.74) is 1.20. The summed E-state index contributed by atoms with van der Waals surface area (Å²) in [4.78, 5) is 28.1. The maximum absolute atomic E-state index is 12.3. The topological polar surface area (TPSA) is 40.6 Å². The van der Waals surface area contributed by atoms with E-state index in [9.17, 15) is 9.59 Å². The van der Waals surface area contributed by atoms with E-state index in [1.807, 2.05) is 34.9 Å². The summed E-state index contributed by atoms with van der Waals surface area (Å²) in [6, 6.07) is 10.1. The standard InChI is InChI=1S/C18H26N2O2/c1-2-7-17(21)19-12-6-13-20(15-14-19)18(22)11-10-16-8-4-3-5-9-16/h3-5,8-9H,2,6-7,10-15H2,1H3. The third-order valence-electron chi connectivity index (χ3n) is 4.14. The maximum Gasteiger partial charge on any atom is 0.222 e. The van der Waals surface area contributed by atoms with Gasteiger partial charge < -0.3 is 9.80 Å². The molecule has 0 atom stereocenters. The van der Waals surface area contributed by atoms with Gasteiger partial charge in [-0.05, 0) is 24.8 Å². The van der Waals surface area contributed by atoms with Crippen LogP contribution in [0.3, 0.4) is 0 Å². The van der Waals surface area contributed by atoms with Gasteiger partial charge in [0.05, 0.1) is 0 Å². The SMILES string of the molecule is CCCC(=O)N1CCCN(C(=O)CCc2ccccc2)CC1. The van der Waals surface area contributed by atoms with Crippen molar-refractivity contribution in [1.82, 2.24) is 9.80 Å². The third-order valence-corrected chi connectivity index (χ3v) is 4.14. The largest absolute Gasteiger partial charge is 0.341 e. The first-order valence-corrected chi connectivity index (χ1v) is 8.30. The highest BCUT2D eigenvalue weighted by atomic mass is 16.2. The van der Waals surface area contributed by atoms with E-state index in [2.05, 4.69) is 12.1 Å². The molecule has 2 amide bonds. The second kappa shape index (κ2) is 8.57. The summed E-state index contributed by atoms with van der Waals surface area (Å²) in [6.07, 6.45) is 3.71. The van der Waals surface area contributed by atoms with Gasteiger partial charge in [0.15, 0.2) is 0 Å². The van der Waals surface area contributed by atoms with Crippen LogP contribution in [0.5, 0.6) is 0 Å². The quantitative estimate of drug-likeness (QED) is 0.838. The number of amides is 2. The van der Waals surface area contributed by atoms with E-state index in [1.54, 1.807) is 0 Å². The zero-order valence-corrected chi connectivity index (χ0v) is 13.5. The molecule has 1 aliphatic heterocycles. The molecule has 0 bridgehead atoms. The number of nitrogens with zero attached hydrogens (tertiary/aromatic N) is 2. The van der Waals surface area contributed by atoms with Crippen LogP contribution in [-0.4, -0.2) is 47.8 Å². The lowest BCUT2D eigenvalue weighted by molar-refractivity contribution is -0.133. The highest BCUT2D eigenvalue weighted by Crippen LogP contribution is 2.09. The predicted octanol–water partition coefficient (Wildman–Crippen LogP) is 2.48. The molecule has 2 rings (SSSR count). The molecule has 4 nitrogen and oxygen atoms in total. The molecule has 22 heavy (non-hydrogen) atoms. The predicted molar refractivity (Wildman–Crippen MR) is 87.4 cm³/mol. The number of hydrogen-bond acceptors (Lipinski definition) is 2. The summed E-state index contributed by atoms with van der Waals surface area (Å²) < 4.78 is 0. The summed E-state index contributed by atoms with van der Waals surface area (Å²) in [7, 11) is 0. The van der Waals surface area contributed by atoms with Crippen molar-refractivity contribution in [2.24, 2.45) is 0 Å². The summed E-state index contributed by atoms with van der Waals surface area (Å²) >= 11 is 0. The van der Waals surface area contributed by atoms with Crippen molar-refractivity contribution in [1.29, 1.82) is 0 Å². The molecule has 0 spiro atoms. The van der Waals surface area contributed by atoms with Gasteiger partial charge >= 0.3 is 0 Å². The number of carbonyl (C=O) groups is 2. The van der Waals surface area contributed by atoms with Gasteiger partial charge in [0.2, 0.25) is 11.8 Å². The Labute approximate surface area is 133 Å². The molecule has 0 N–H and O–H groups in total. The lowest BCUT2D eigenvalue weighted by Gasteiger charge is -2.22. The Morgan fingerprint density at radius 1 is 0.909 bits per heavy atom. The molecule has 0 unspecified atom stereocenters. The van der Waals surface area contributed by atoms with E-state index in [-0.39, 0.29) is 11.8 Å². The number of aryl methyl sites for hydroxylation is 1. The van der Waals surface area contributed by atoms with Crippen molar-refractivity contribution < 1.29 is 9.59 Å². The van der Waals surface area contributed by atoms with Gasteiger partial charge in [-0.3, -0.25) is 9.59 Å². The van der Waals surface area contributed by atoms with E-state index < -0.39 is 0 Å². The van der Waals surface area contributed by atoms with Crippen LogP contribution in [0.25, 0.3) is 0 Å². The normalized spacial score (nSPS) is 15.5. The molecule has 0 saturated carbocycles. The van der Waals surface area contributed by atoms with Gasteiger partial charge in [0.1, 0.15) is 0 Å². The number of hydrogen-bond donors (Lipinski definition) is 0. The summed E-state index contributed by atoms with van der Waals surface area (Å²) in [5, 5.41) is 0. The molecule has 0 radical (unpaired) electrons. The zero-order chi connectivity index (χ0) is 15.8. The van der Waals surface area contributed by atoms with E-state index in [4.69, 9.17) is 0 Å². The monoisotopic (exact) mass is 302 g/mol. The molecule has 1 aromatic carbocycles. The molecule has 1 saturated heterocycles. The first-order chi connectivity index (χ1) is 10.7. The van der Waals surface area contributed by atoms with Crippen molar-refractivity contribution in [3.8, 4) is 0 Å². The number of rotatable bonds is 5. The van der Waals surface area contributed by atoms with E-state index >= 15 is 0 Å². The molecular weight excluding hydrogens is 276 g/mol. The minimum Gasteiger partial charge on any atom is -0.341 e. The Kier molecular flexibility index (Phi) is 6.44. The lowest BCUT2D eigenvalue weighted by Crippen LogP contribution is -2.37. The van der Waals surface area contributed by atoms with E-state index in [1.165, 1.54) is 5.56 Å². The van der Waals surface area contributed by atoms with Crippen LogP contribution >= 0.6 is 0 Å². The molecule has 120 valence electrons. The van der Waals surface area contributed by atoms with Crippen LogP contribution in [0.2, 0.25) is 0 Å². The first-order valence-electron chi connectivity index (χ1n) is 8.30. The molecular formula is C18H26N2O2. The van der Waals surface area contributed by atoms with Gasteiger partial charge in [0.25, 0.3) is 0 Å². The minimum atomic E-state index is 0.202. The minimum absolute atomic E-state index is 0.202. The van der Waals surface area contributed by atoms with Crippen molar-refractivity contribution in [2.75, 3.05) is 26.2 Å². The van der Waals surface area contributed by atoms with Gasteiger partial charge in [-0.1, -0.05) is 37.3 Å². The smallest absolute Gasteiger partial charge is 0.222 e. The fraction of sp³-hybridized carbons (Fsp3) is 0.556. The average molecular weight is 302 g/mol. The first kappa shape index (κ1) is 16.5. The fourth-order valence-electron chi connectivity index (χ4n) is 2.84. The number of carbonyl (C=O) groups excluding carboxylic acids is 2. The molecule has 4 heteroatoms. The fourth-order valence-corrected chi connectivity index (χ4v) is 2.84. The Morgan fingerprint density at radius 2 is 1.50 bits per heavy atom. The third kappa shape index (κ3) is 4.86. The second-order valence-electron chi connectivity index (χ2n) is 5.85. The molecule has 0 aromatic heterocycles. The number of benzene rings is 1. The Balaban J connectivity index is 1.80. The summed E-state index contributed by atoms with van der Waals surface area (Å²) in [5.74, 6) is 0.426. The van der Waals surface area contributed by atoms with Crippen molar-refractivity contribution in [3.63, 3.8) is 0 Å². The van der Waals surface area contributed by atoms with E-state index in [0.717, 1.165) is 32.4 Å². The van der Waals surface area contributed by atoms with Crippen LogP contribution in [0.15, 0.2) is 30.3 Å². The Morgan fingerprint density at radius 3 is 2.09 bits per heavy atom. The van der Waals surface area contributed by atoms with Gasteiger partial charge in [-0.25, -0.2) is 0 Å². The lowest BCUT2D eigenvalue weighted by atomic mass is 10.1. The van der Waals surface area contributed by atoms with Crippen molar-refractivity contribution in [2.45, 2.75) is 39.0 Å². The Bertz CT molecular complexity index is 487. The van der Waals surface area contributed by atoms with Crippen LogP contribution in [0, 0.1) is 0 Å². The molecule has 1 aliphatic rings. The highest BCUT2D eigenvalue weighted by molar-refractivity contribution is 5.78. The van der Waals surface area contributed by atoms with Crippen LogP contribution in [0.1, 0.15) is 38.2 Å². The van der Waals surface area contributed by atoms with Crippen LogP contribution in [-0.2, 0) is 16.0 Å². The van der Waals surface area contributed by atoms with Gasteiger partial charge in [0, 0.05) is 39.0 Å². The maximum atomic E-state index is 12.3. The Hall–Kier alpha value is -1.84. The molecule has 0 aliphatic carbocycles. The van der Waals surface area contributed by atoms with E-state index in [0.29, 0.717) is 25.9 Å². The molecule has 1 heterocycles. The second-order valence-corrected chi connectivity index (χ2v) is 5.85. The van der Waals surface area contributed by atoms with Crippen LogP contribution in [0.4, 0.5) is 0 Å². The van der Waals surface area contributed by atoms with Crippen molar-refractivity contribution in [3.05, 3.63) is 35.9 Å². The van der Waals surface area contributed by atoms with Crippen LogP contribution < -0.4 is 0 Å².